The summed E-state index contributed by atoms with van der Waals surface area (Å²) in [6.45, 7) is 7.92. The normalized spacial score (nSPS) is 10.6. The summed E-state index contributed by atoms with van der Waals surface area (Å²) in [5.41, 5.74) is 6.43. The number of ether oxygens (including phenoxy) is 1. The Labute approximate surface area is 121 Å². The highest BCUT2D eigenvalue weighted by Crippen LogP contribution is 2.20. The van der Waals surface area contributed by atoms with Gasteiger partial charge in [-0.05, 0) is 62.2 Å². The van der Waals surface area contributed by atoms with Crippen molar-refractivity contribution in [3.8, 4) is 5.75 Å². The zero-order valence-electron chi connectivity index (χ0n) is 12.8. The van der Waals surface area contributed by atoms with Crippen LogP contribution in [0.1, 0.15) is 27.8 Å². The van der Waals surface area contributed by atoms with Gasteiger partial charge in [-0.1, -0.05) is 29.8 Å². The van der Waals surface area contributed by atoms with Crippen molar-refractivity contribution in [3.63, 3.8) is 0 Å². The number of hydrogen-bond donors (Lipinski definition) is 1. The first-order chi connectivity index (χ1) is 9.60. The maximum atomic E-state index is 5.95. The molecule has 0 aliphatic heterocycles. The van der Waals surface area contributed by atoms with Crippen LogP contribution in [-0.2, 0) is 13.2 Å². The van der Waals surface area contributed by atoms with Crippen molar-refractivity contribution in [2.45, 2.75) is 33.9 Å². The van der Waals surface area contributed by atoms with Gasteiger partial charge >= 0.3 is 0 Å². The number of nitrogens with one attached hydrogen (secondary N) is 1. The van der Waals surface area contributed by atoms with E-state index < -0.39 is 0 Å². The fourth-order valence-electron chi connectivity index (χ4n) is 2.54. The van der Waals surface area contributed by atoms with Crippen LogP contribution in [-0.4, -0.2) is 7.05 Å². The van der Waals surface area contributed by atoms with Gasteiger partial charge in [0, 0.05) is 6.54 Å². The van der Waals surface area contributed by atoms with E-state index in [-0.39, 0.29) is 0 Å². The summed E-state index contributed by atoms with van der Waals surface area (Å²) in [6, 6.07) is 12.7. The summed E-state index contributed by atoms with van der Waals surface area (Å²) >= 11 is 0. The van der Waals surface area contributed by atoms with Crippen LogP contribution in [0, 0.1) is 20.8 Å². The van der Waals surface area contributed by atoms with Gasteiger partial charge in [0.15, 0.2) is 0 Å². The van der Waals surface area contributed by atoms with E-state index >= 15 is 0 Å². The maximum Gasteiger partial charge on any atom is 0.120 e. The molecule has 2 aromatic rings. The van der Waals surface area contributed by atoms with E-state index in [4.69, 9.17) is 4.74 Å². The highest BCUT2D eigenvalue weighted by Gasteiger charge is 2.05. The molecule has 0 atom stereocenters. The number of rotatable bonds is 5. The largest absolute Gasteiger partial charge is 0.489 e. The molecular formula is C18H23NO. The molecule has 0 fully saturated rings. The van der Waals surface area contributed by atoms with Crippen molar-refractivity contribution >= 4 is 0 Å². The maximum absolute atomic E-state index is 5.95. The van der Waals surface area contributed by atoms with E-state index in [0.717, 1.165) is 12.3 Å². The molecule has 0 aliphatic carbocycles. The van der Waals surface area contributed by atoms with Crippen LogP contribution >= 0.6 is 0 Å². The zero-order valence-corrected chi connectivity index (χ0v) is 12.8. The molecule has 2 rings (SSSR count). The predicted octanol–water partition coefficient (Wildman–Crippen LogP) is 3.91. The Morgan fingerprint density at radius 1 is 1.00 bits per heavy atom. The summed E-state index contributed by atoms with van der Waals surface area (Å²) in [6.07, 6.45) is 0. The van der Waals surface area contributed by atoms with Gasteiger partial charge < -0.3 is 10.1 Å². The second kappa shape index (κ2) is 6.58. The lowest BCUT2D eigenvalue weighted by molar-refractivity contribution is 0.304. The SMILES string of the molecule is CNCc1cccc(OCc2c(C)cc(C)cc2C)c1. The zero-order chi connectivity index (χ0) is 14.5. The van der Waals surface area contributed by atoms with Gasteiger partial charge in [0.25, 0.3) is 0 Å². The molecule has 2 nitrogen and oxygen atoms in total. The molecule has 1 N–H and O–H groups in total. The average Bonchev–Trinajstić information content (AvgIpc) is 2.38. The van der Waals surface area contributed by atoms with Crippen molar-refractivity contribution in [3.05, 3.63) is 64.2 Å². The van der Waals surface area contributed by atoms with Crippen LogP contribution in [0.15, 0.2) is 36.4 Å². The summed E-state index contributed by atoms with van der Waals surface area (Å²) in [4.78, 5) is 0. The minimum absolute atomic E-state index is 0.626. The number of hydrogen-bond acceptors (Lipinski definition) is 2. The second-order valence-electron chi connectivity index (χ2n) is 5.34. The lowest BCUT2D eigenvalue weighted by atomic mass is 10.0. The van der Waals surface area contributed by atoms with Gasteiger partial charge in [-0.15, -0.1) is 0 Å². The lowest BCUT2D eigenvalue weighted by Gasteiger charge is -2.13. The topological polar surface area (TPSA) is 21.3 Å². The molecule has 0 aromatic heterocycles. The Morgan fingerprint density at radius 2 is 1.70 bits per heavy atom. The molecule has 0 heterocycles. The highest BCUT2D eigenvalue weighted by molar-refractivity contribution is 5.37. The highest BCUT2D eigenvalue weighted by atomic mass is 16.5. The summed E-state index contributed by atoms with van der Waals surface area (Å²) in [5.74, 6) is 0.928. The number of benzene rings is 2. The van der Waals surface area contributed by atoms with E-state index in [1.54, 1.807) is 0 Å². The molecule has 0 unspecified atom stereocenters. The third-order valence-electron chi connectivity index (χ3n) is 3.50. The fourth-order valence-corrected chi connectivity index (χ4v) is 2.54. The molecule has 2 aromatic carbocycles. The third kappa shape index (κ3) is 3.61. The standard InChI is InChI=1S/C18H23NO/c1-13-8-14(2)18(15(3)9-13)12-20-17-7-5-6-16(10-17)11-19-4/h5-10,19H,11-12H2,1-4H3. The molecule has 0 saturated carbocycles. The Morgan fingerprint density at radius 3 is 2.35 bits per heavy atom. The predicted molar refractivity (Wildman–Crippen MR) is 84.2 cm³/mol. The molecule has 20 heavy (non-hydrogen) atoms. The van der Waals surface area contributed by atoms with E-state index in [2.05, 4.69) is 50.4 Å². The Kier molecular flexibility index (Phi) is 4.80. The third-order valence-corrected chi connectivity index (χ3v) is 3.50. The quantitative estimate of drug-likeness (QED) is 0.888. The van der Waals surface area contributed by atoms with E-state index in [1.807, 2.05) is 19.2 Å². The van der Waals surface area contributed by atoms with E-state index in [9.17, 15) is 0 Å². The van der Waals surface area contributed by atoms with Crippen molar-refractivity contribution in [2.75, 3.05) is 7.05 Å². The molecule has 2 heteroatoms. The molecule has 0 saturated heterocycles. The smallest absolute Gasteiger partial charge is 0.120 e. The van der Waals surface area contributed by atoms with E-state index in [0.29, 0.717) is 6.61 Å². The Bertz CT molecular complexity index is 567. The van der Waals surface area contributed by atoms with Crippen LogP contribution in [0.3, 0.4) is 0 Å². The van der Waals surface area contributed by atoms with Crippen LogP contribution in [0.25, 0.3) is 0 Å². The molecular weight excluding hydrogens is 246 g/mol. The minimum Gasteiger partial charge on any atom is -0.489 e. The van der Waals surface area contributed by atoms with Gasteiger partial charge in [-0.3, -0.25) is 0 Å². The number of aryl methyl sites for hydroxylation is 3. The fraction of sp³-hybridized carbons (Fsp3) is 0.333. The van der Waals surface area contributed by atoms with Crippen LogP contribution in [0.4, 0.5) is 0 Å². The molecule has 0 bridgehead atoms. The Hall–Kier alpha value is -1.80. The van der Waals surface area contributed by atoms with Crippen molar-refractivity contribution in [1.29, 1.82) is 0 Å². The summed E-state index contributed by atoms with van der Waals surface area (Å²) < 4.78 is 5.95. The van der Waals surface area contributed by atoms with Gasteiger partial charge in [-0.2, -0.15) is 0 Å². The first-order valence-electron chi connectivity index (χ1n) is 7.03. The van der Waals surface area contributed by atoms with Crippen molar-refractivity contribution in [1.82, 2.24) is 5.32 Å². The van der Waals surface area contributed by atoms with Crippen LogP contribution in [0.5, 0.6) is 5.75 Å². The first-order valence-corrected chi connectivity index (χ1v) is 7.03. The minimum atomic E-state index is 0.626. The molecule has 0 spiro atoms. The summed E-state index contributed by atoms with van der Waals surface area (Å²) in [7, 11) is 1.95. The Balaban J connectivity index is 2.11. The first kappa shape index (κ1) is 14.6. The van der Waals surface area contributed by atoms with Gasteiger partial charge in [-0.25, -0.2) is 0 Å². The van der Waals surface area contributed by atoms with Crippen LogP contribution in [0.2, 0.25) is 0 Å². The molecule has 106 valence electrons. The summed E-state index contributed by atoms with van der Waals surface area (Å²) in [5, 5.41) is 3.15. The van der Waals surface area contributed by atoms with E-state index in [1.165, 1.54) is 27.8 Å². The lowest BCUT2D eigenvalue weighted by Crippen LogP contribution is -2.05. The van der Waals surface area contributed by atoms with Gasteiger partial charge in [0.05, 0.1) is 0 Å². The van der Waals surface area contributed by atoms with Crippen LogP contribution < -0.4 is 10.1 Å². The molecule has 0 amide bonds. The van der Waals surface area contributed by atoms with Crippen molar-refractivity contribution < 1.29 is 4.74 Å². The average molecular weight is 269 g/mol. The van der Waals surface area contributed by atoms with Crippen molar-refractivity contribution in [2.24, 2.45) is 0 Å². The molecule has 0 aliphatic rings. The van der Waals surface area contributed by atoms with Gasteiger partial charge in [0.1, 0.15) is 12.4 Å². The van der Waals surface area contributed by atoms with Gasteiger partial charge in [0.2, 0.25) is 0 Å². The molecule has 0 radical (unpaired) electrons. The second-order valence-corrected chi connectivity index (χ2v) is 5.34. The monoisotopic (exact) mass is 269 g/mol.